The summed E-state index contributed by atoms with van der Waals surface area (Å²) in [6.07, 6.45) is 10.1. The van der Waals surface area contributed by atoms with Gasteiger partial charge >= 0.3 is 0 Å². The molecule has 0 unspecified atom stereocenters. The molecular weight excluding hydrogens is 124 g/mol. The minimum atomic E-state index is 0.351. The number of unbranched alkanes of at least 4 members (excludes halogenated alkanes) is 4. The molecule has 0 aliphatic rings. The maximum absolute atomic E-state index is 8.45. The van der Waals surface area contributed by atoms with Crippen LogP contribution in [0.15, 0.2) is 12.2 Å². The van der Waals surface area contributed by atoms with E-state index < -0.39 is 0 Å². The van der Waals surface area contributed by atoms with E-state index in [1.54, 1.807) is 0 Å². The Bertz CT molecular complexity index is 76.8. The molecule has 0 fully saturated rings. The molecule has 1 N–H and O–H groups in total. The van der Waals surface area contributed by atoms with E-state index >= 15 is 0 Å². The number of rotatable bonds is 6. The average Bonchev–Trinajstić information content (AvgIpc) is 1.97. The van der Waals surface area contributed by atoms with Crippen LogP contribution in [0.4, 0.5) is 0 Å². The summed E-state index contributed by atoms with van der Waals surface area (Å²) in [6, 6.07) is 0. The highest BCUT2D eigenvalue weighted by molar-refractivity contribution is 4.76. The Morgan fingerprint density at radius 3 is 2.40 bits per heavy atom. The zero-order valence-corrected chi connectivity index (χ0v) is 6.84. The van der Waals surface area contributed by atoms with E-state index in [1.165, 1.54) is 25.7 Å². The lowest BCUT2D eigenvalue weighted by molar-refractivity contribution is 0.282. The van der Waals surface area contributed by atoms with Crippen molar-refractivity contribution in [2.75, 3.05) is 6.61 Å². The summed E-state index contributed by atoms with van der Waals surface area (Å²) in [5.74, 6) is 0. The first kappa shape index (κ1) is 9.70. The molecule has 1 nitrogen and oxygen atoms in total. The number of aliphatic hydroxyl groups is 1. The van der Waals surface area contributed by atoms with Crippen LogP contribution in [0.2, 0.25) is 0 Å². The van der Waals surface area contributed by atoms with Gasteiger partial charge in [0.2, 0.25) is 0 Å². The highest BCUT2D eigenvalue weighted by Crippen LogP contribution is 2.02. The van der Waals surface area contributed by atoms with E-state index in [4.69, 9.17) is 5.11 Å². The maximum atomic E-state index is 8.45. The predicted molar refractivity (Wildman–Crippen MR) is 45.0 cm³/mol. The van der Waals surface area contributed by atoms with E-state index in [0.29, 0.717) is 6.61 Å². The highest BCUT2D eigenvalue weighted by atomic mass is 16.2. The lowest BCUT2D eigenvalue weighted by Gasteiger charge is -1.94. The topological polar surface area (TPSA) is 20.2 Å². The van der Waals surface area contributed by atoms with Crippen molar-refractivity contribution in [1.82, 2.24) is 0 Å². The zero-order chi connectivity index (χ0) is 7.66. The standard InChI is InChI=1S/C9H18O/c1-2-3-4-5-6-7-8-9-10/h2-3,10H,4-9H2,1H3/b3-2+. The third-order valence-electron chi connectivity index (χ3n) is 1.51. The molecule has 0 bridgehead atoms. The SMILES string of the molecule is C/C=C/CCCCCCO. The molecule has 0 amide bonds. The first-order valence-corrected chi connectivity index (χ1v) is 4.14. The summed E-state index contributed by atoms with van der Waals surface area (Å²) in [5.41, 5.74) is 0. The molecule has 0 aromatic heterocycles. The summed E-state index contributed by atoms with van der Waals surface area (Å²) in [5, 5.41) is 8.45. The molecule has 0 aromatic rings. The van der Waals surface area contributed by atoms with Crippen LogP contribution in [0.5, 0.6) is 0 Å². The van der Waals surface area contributed by atoms with Gasteiger partial charge in [0.05, 0.1) is 0 Å². The largest absolute Gasteiger partial charge is 0.396 e. The summed E-state index contributed by atoms with van der Waals surface area (Å²) in [6.45, 7) is 2.40. The van der Waals surface area contributed by atoms with Gasteiger partial charge in [0.1, 0.15) is 0 Å². The molecule has 0 aromatic carbocycles. The van der Waals surface area contributed by atoms with Crippen molar-refractivity contribution in [3.05, 3.63) is 12.2 Å². The Balaban J connectivity index is 2.77. The van der Waals surface area contributed by atoms with Gasteiger partial charge in [-0.2, -0.15) is 0 Å². The van der Waals surface area contributed by atoms with E-state index in [-0.39, 0.29) is 0 Å². The van der Waals surface area contributed by atoms with Gasteiger partial charge in [-0.15, -0.1) is 0 Å². The fourth-order valence-electron chi connectivity index (χ4n) is 0.894. The first-order valence-electron chi connectivity index (χ1n) is 4.14. The zero-order valence-electron chi connectivity index (χ0n) is 6.84. The van der Waals surface area contributed by atoms with Gasteiger partial charge in [-0.25, -0.2) is 0 Å². The average molecular weight is 142 g/mol. The van der Waals surface area contributed by atoms with E-state index in [2.05, 4.69) is 12.2 Å². The Labute approximate surface area is 63.8 Å². The van der Waals surface area contributed by atoms with Crippen LogP contribution in [0, 0.1) is 0 Å². The quantitative estimate of drug-likeness (QED) is 0.446. The fraction of sp³-hybridized carbons (Fsp3) is 0.778. The van der Waals surface area contributed by atoms with Crippen molar-refractivity contribution in [2.45, 2.75) is 39.0 Å². The van der Waals surface area contributed by atoms with Crippen LogP contribution in [-0.2, 0) is 0 Å². The summed E-state index contributed by atoms with van der Waals surface area (Å²) in [7, 11) is 0. The normalized spacial score (nSPS) is 11.0. The van der Waals surface area contributed by atoms with Crippen molar-refractivity contribution in [2.24, 2.45) is 0 Å². The van der Waals surface area contributed by atoms with Gasteiger partial charge in [0, 0.05) is 6.61 Å². The van der Waals surface area contributed by atoms with Crippen LogP contribution >= 0.6 is 0 Å². The molecule has 0 saturated carbocycles. The number of allylic oxidation sites excluding steroid dienone is 2. The summed E-state index contributed by atoms with van der Waals surface area (Å²) in [4.78, 5) is 0. The lowest BCUT2D eigenvalue weighted by atomic mass is 10.1. The van der Waals surface area contributed by atoms with Crippen LogP contribution in [-0.4, -0.2) is 11.7 Å². The molecule has 10 heavy (non-hydrogen) atoms. The van der Waals surface area contributed by atoms with Crippen molar-refractivity contribution in [3.63, 3.8) is 0 Å². The molecule has 0 aliphatic carbocycles. The van der Waals surface area contributed by atoms with Gasteiger partial charge in [0.15, 0.2) is 0 Å². The predicted octanol–water partition coefficient (Wildman–Crippen LogP) is 2.51. The minimum absolute atomic E-state index is 0.351. The molecule has 0 rings (SSSR count). The minimum Gasteiger partial charge on any atom is -0.396 e. The van der Waals surface area contributed by atoms with E-state index in [0.717, 1.165) is 6.42 Å². The number of hydrogen-bond donors (Lipinski definition) is 1. The van der Waals surface area contributed by atoms with Crippen LogP contribution in [0.3, 0.4) is 0 Å². The smallest absolute Gasteiger partial charge is 0.0431 e. The van der Waals surface area contributed by atoms with Crippen LogP contribution in [0.25, 0.3) is 0 Å². The molecule has 0 radical (unpaired) electrons. The number of hydrogen-bond acceptors (Lipinski definition) is 1. The molecule has 1 heteroatoms. The fourth-order valence-corrected chi connectivity index (χ4v) is 0.894. The van der Waals surface area contributed by atoms with Crippen molar-refractivity contribution >= 4 is 0 Å². The Hall–Kier alpha value is -0.300. The monoisotopic (exact) mass is 142 g/mol. The molecule has 0 spiro atoms. The summed E-state index contributed by atoms with van der Waals surface area (Å²) >= 11 is 0. The van der Waals surface area contributed by atoms with E-state index in [1.807, 2.05) is 6.92 Å². The van der Waals surface area contributed by atoms with E-state index in [9.17, 15) is 0 Å². The lowest BCUT2D eigenvalue weighted by Crippen LogP contribution is -1.82. The van der Waals surface area contributed by atoms with Crippen LogP contribution in [0.1, 0.15) is 39.0 Å². The van der Waals surface area contributed by atoms with Gasteiger partial charge in [-0.1, -0.05) is 25.0 Å². The molecular formula is C9H18O. The van der Waals surface area contributed by atoms with Crippen molar-refractivity contribution in [1.29, 1.82) is 0 Å². The van der Waals surface area contributed by atoms with Crippen LogP contribution < -0.4 is 0 Å². The molecule has 0 atom stereocenters. The second-order valence-electron chi connectivity index (χ2n) is 2.50. The van der Waals surface area contributed by atoms with Gasteiger partial charge in [-0.05, 0) is 26.2 Å². The van der Waals surface area contributed by atoms with Gasteiger partial charge in [0.25, 0.3) is 0 Å². The third kappa shape index (κ3) is 7.70. The van der Waals surface area contributed by atoms with Gasteiger partial charge in [-0.3, -0.25) is 0 Å². The molecule has 0 aliphatic heterocycles. The highest BCUT2D eigenvalue weighted by Gasteiger charge is 1.85. The third-order valence-corrected chi connectivity index (χ3v) is 1.51. The maximum Gasteiger partial charge on any atom is 0.0431 e. The molecule has 0 heterocycles. The Kier molecular flexibility index (Phi) is 8.44. The second-order valence-corrected chi connectivity index (χ2v) is 2.50. The van der Waals surface area contributed by atoms with Gasteiger partial charge < -0.3 is 5.11 Å². The Morgan fingerprint density at radius 2 is 1.80 bits per heavy atom. The summed E-state index contributed by atoms with van der Waals surface area (Å²) < 4.78 is 0. The number of aliphatic hydroxyl groups excluding tert-OH is 1. The molecule has 60 valence electrons. The molecule has 0 saturated heterocycles. The second kappa shape index (κ2) is 8.70. The van der Waals surface area contributed by atoms with Crippen molar-refractivity contribution < 1.29 is 5.11 Å². The first-order chi connectivity index (χ1) is 4.91. The Morgan fingerprint density at radius 1 is 1.10 bits per heavy atom. The van der Waals surface area contributed by atoms with Crippen molar-refractivity contribution in [3.8, 4) is 0 Å².